The smallest absolute Gasteiger partial charge is 0.118 e. The van der Waals surface area contributed by atoms with Gasteiger partial charge in [-0.05, 0) is 47.9 Å². The van der Waals surface area contributed by atoms with Crippen LogP contribution in [0.4, 0.5) is 0 Å². The first kappa shape index (κ1) is 12.4. The Morgan fingerprint density at radius 2 is 1.88 bits per heavy atom. The predicted octanol–water partition coefficient (Wildman–Crippen LogP) is 3.31. The number of fused-ring (bicyclic) bond motifs is 1. The van der Waals surface area contributed by atoms with Crippen molar-refractivity contribution in [3.63, 3.8) is 0 Å². The van der Waals surface area contributed by atoms with Gasteiger partial charge in [0, 0.05) is 5.92 Å². The fourth-order valence-corrected chi connectivity index (χ4v) is 3.10. The summed E-state index contributed by atoms with van der Waals surface area (Å²) in [4.78, 5) is 0. The van der Waals surface area contributed by atoms with Crippen molar-refractivity contribution in [1.29, 1.82) is 0 Å². The molecule has 0 saturated carbocycles. The first-order chi connectivity index (χ1) is 7.91. The van der Waals surface area contributed by atoms with Crippen LogP contribution in [0.15, 0.2) is 12.1 Å². The van der Waals surface area contributed by atoms with Crippen LogP contribution in [-0.4, -0.2) is 16.3 Å². The fraction of sp³-hybridized carbons (Fsp3) is 0.600. The highest BCUT2D eigenvalue weighted by molar-refractivity contribution is 5.46. The van der Waals surface area contributed by atoms with Gasteiger partial charge in [0.1, 0.15) is 5.75 Å². The zero-order chi connectivity index (χ0) is 12.7. The summed E-state index contributed by atoms with van der Waals surface area (Å²) >= 11 is 0. The minimum Gasteiger partial charge on any atom is -0.508 e. The Balaban J connectivity index is 2.57. The lowest BCUT2D eigenvalue weighted by atomic mass is 9.71. The normalized spacial score (nSPS) is 28.2. The van der Waals surface area contributed by atoms with Crippen LogP contribution in [0.5, 0.6) is 5.75 Å². The molecule has 3 unspecified atom stereocenters. The lowest BCUT2D eigenvalue weighted by molar-refractivity contribution is 0.0976. The van der Waals surface area contributed by atoms with E-state index in [1.54, 1.807) is 0 Å². The van der Waals surface area contributed by atoms with Gasteiger partial charge in [0.25, 0.3) is 0 Å². The first-order valence-corrected chi connectivity index (χ1v) is 6.43. The van der Waals surface area contributed by atoms with Crippen molar-refractivity contribution in [1.82, 2.24) is 0 Å². The summed E-state index contributed by atoms with van der Waals surface area (Å²) in [7, 11) is 0. The van der Waals surface area contributed by atoms with Crippen LogP contribution in [0.3, 0.4) is 0 Å². The number of rotatable bonds is 1. The Kier molecular flexibility index (Phi) is 3.17. The Hall–Kier alpha value is -1.02. The summed E-state index contributed by atoms with van der Waals surface area (Å²) in [5, 5.41) is 20.1. The van der Waals surface area contributed by atoms with E-state index >= 15 is 0 Å². The number of phenolic OH excluding ortho intramolecular Hbond substituents is 1. The third-order valence-electron chi connectivity index (χ3n) is 4.02. The summed E-state index contributed by atoms with van der Waals surface area (Å²) in [6.07, 6.45) is 0.527. The van der Waals surface area contributed by atoms with E-state index in [0.717, 1.165) is 12.0 Å². The third-order valence-corrected chi connectivity index (χ3v) is 4.02. The van der Waals surface area contributed by atoms with E-state index in [1.165, 1.54) is 11.1 Å². The van der Waals surface area contributed by atoms with Gasteiger partial charge in [-0.15, -0.1) is 0 Å². The third kappa shape index (κ3) is 2.06. The van der Waals surface area contributed by atoms with E-state index in [0.29, 0.717) is 17.6 Å². The SMILES string of the molecule is Cc1cc2c(cc1O)C(C)CC(O)C2C(C)C. The van der Waals surface area contributed by atoms with Crippen LogP contribution in [0.2, 0.25) is 0 Å². The monoisotopic (exact) mass is 234 g/mol. The van der Waals surface area contributed by atoms with Crippen LogP contribution >= 0.6 is 0 Å². The van der Waals surface area contributed by atoms with Gasteiger partial charge in [0.2, 0.25) is 0 Å². The molecular formula is C15H22O2. The van der Waals surface area contributed by atoms with Crippen molar-refractivity contribution in [2.75, 3.05) is 0 Å². The lowest BCUT2D eigenvalue weighted by Crippen LogP contribution is -2.30. The second-order valence-electron chi connectivity index (χ2n) is 5.74. The maximum atomic E-state index is 10.3. The molecule has 2 nitrogen and oxygen atoms in total. The van der Waals surface area contributed by atoms with Gasteiger partial charge in [0.15, 0.2) is 0 Å². The van der Waals surface area contributed by atoms with Gasteiger partial charge in [-0.2, -0.15) is 0 Å². The molecule has 2 N–H and O–H groups in total. The number of aliphatic hydroxyl groups is 1. The molecule has 0 aromatic heterocycles. The standard InChI is InChI=1S/C15H22O2/c1-8(2)15-12-5-10(4)13(16)7-11(12)9(3)6-14(15)17/h5,7-9,14-17H,6H2,1-4H3. The van der Waals surface area contributed by atoms with Gasteiger partial charge in [-0.1, -0.05) is 26.8 Å². The molecule has 1 aromatic rings. The van der Waals surface area contributed by atoms with Crippen molar-refractivity contribution in [3.8, 4) is 5.75 Å². The molecule has 0 amide bonds. The van der Waals surface area contributed by atoms with E-state index in [9.17, 15) is 10.2 Å². The predicted molar refractivity (Wildman–Crippen MR) is 69.5 cm³/mol. The average Bonchev–Trinajstić information content (AvgIpc) is 2.20. The van der Waals surface area contributed by atoms with Crippen molar-refractivity contribution >= 4 is 0 Å². The molecule has 0 saturated heterocycles. The lowest BCUT2D eigenvalue weighted by Gasteiger charge is -2.36. The Morgan fingerprint density at radius 1 is 1.24 bits per heavy atom. The second kappa shape index (κ2) is 4.34. The van der Waals surface area contributed by atoms with E-state index in [1.807, 2.05) is 19.1 Å². The second-order valence-corrected chi connectivity index (χ2v) is 5.74. The number of phenols is 1. The summed E-state index contributed by atoms with van der Waals surface area (Å²) in [6.45, 7) is 8.33. The van der Waals surface area contributed by atoms with Gasteiger partial charge < -0.3 is 10.2 Å². The molecule has 1 aromatic carbocycles. The molecule has 2 heteroatoms. The molecule has 0 heterocycles. The van der Waals surface area contributed by atoms with Gasteiger partial charge in [0.05, 0.1) is 6.10 Å². The zero-order valence-electron chi connectivity index (χ0n) is 11.1. The highest BCUT2D eigenvalue weighted by Gasteiger charge is 2.34. The molecule has 3 atom stereocenters. The number of hydrogen-bond acceptors (Lipinski definition) is 2. The topological polar surface area (TPSA) is 40.5 Å². The summed E-state index contributed by atoms with van der Waals surface area (Å²) in [6, 6.07) is 3.94. The van der Waals surface area contributed by atoms with Gasteiger partial charge >= 0.3 is 0 Å². The number of benzene rings is 1. The fourth-order valence-electron chi connectivity index (χ4n) is 3.10. The van der Waals surface area contributed by atoms with Crippen LogP contribution in [-0.2, 0) is 0 Å². The van der Waals surface area contributed by atoms with E-state index < -0.39 is 0 Å². The Labute approximate surface area is 103 Å². The molecule has 1 aliphatic rings. The van der Waals surface area contributed by atoms with E-state index in [-0.39, 0.29) is 12.0 Å². The molecule has 1 aliphatic carbocycles. The maximum absolute atomic E-state index is 10.3. The summed E-state index contributed by atoms with van der Waals surface area (Å²) < 4.78 is 0. The molecular weight excluding hydrogens is 212 g/mol. The molecule has 0 aliphatic heterocycles. The molecule has 0 bridgehead atoms. The highest BCUT2D eigenvalue weighted by Crippen LogP contribution is 2.44. The first-order valence-electron chi connectivity index (χ1n) is 6.43. The van der Waals surface area contributed by atoms with Crippen molar-refractivity contribution in [2.24, 2.45) is 5.92 Å². The average molecular weight is 234 g/mol. The van der Waals surface area contributed by atoms with Crippen molar-refractivity contribution in [3.05, 3.63) is 28.8 Å². The number of hydrogen-bond donors (Lipinski definition) is 2. The molecule has 2 rings (SSSR count). The highest BCUT2D eigenvalue weighted by atomic mass is 16.3. The van der Waals surface area contributed by atoms with Crippen LogP contribution in [0.25, 0.3) is 0 Å². The largest absolute Gasteiger partial charge is 0.508 e. The minimum absolute atomic E-state index is 0.195. The minimum atomic E-state index is -0.263. The number of aryl methyl sites for hydroxylation is 1. The molecule has 17 heavy (non-hydrogen) atoms. The van der Waals surface area contributed by atoms with Crippen LogP contribution in [0.1, 0.15) is 55.7 Å². The molecule has 0 fully saturated rings. The van der Waals surface area contributed by atoms with E-state index in [4.69, 9.17) is 0 Å². The van der Waals surface area contributed by atoms with Gasteiger partial charge in [-0.3, -0.25) is 0 Å². The van der Waals surface area contributed by atoms with Gasteiger partial charge in [-0.25, -0.2) is 0 Å². The maximum Gasteiger partial charge on any atom is 0.118 e. The molecule has 0 radical (unpaired) electrons. The van der Waals surface area contributed by atoms with Crippen LogP contribution < -0.4 is 0 Å². The summed E-state index contributed by atoms with van der Waals surface area (Å²) in [5.41, 5.74) is 3.33. The summed E-state index contributed by atoms with van der Waals surface area (Å²) in [5.74, 6) is 1.30. The molecule has 94 valence electrons. The quantitative estimate of drug-likeness (QED) is 0.782. The van der Waals surface area contributed by atoms with Crippen LogP contribution in [0, 0.1) is 12.8 Å². The number of aromatic hydroxyl groups is 1. The van der Waals surface area contributed by atoms with E-state index in [2.05, 4.69) is 20.8 Å². The van der Waals surface area contributed by atoms with Crippen molar-refractivity contribution < 1.29 is 10.2 Å². The Morgan fingerprint density at radius 3 is 2.47 bits per heavy atom. The zero-order valence-corrected chi connectivity index (χ0v) is 11.1. The molecule has 0 spiro atoms. The number of aliphatic hydroxyl groups excluding tert-OH is 1. The van der Waals surface area contributed by atoms with Crippen molar-refractivity contribution in [2.45, 2.75) is 52.1 Å². The Bertz CT molecular complexity index is 423.